The third kappa shape index (κ3) is 3.99. The molecular formula is C10H20ClNO. The number of carbonyl (C=O) groups is 1. The van der Waals surface area contributed by atoms with E-state index in [1.165, 1.54) is 0 Å². The van der Waals surface area contributed by atoms with Crippen molar-refractivity contribution in [2.75, 3.05) is 12.9 Å². The minimum Gasteiger partial charge on any atom is -0.341 e. The van der Waals surface area contributed by atoms with E-state index in [1.54, 1.807) is 0 Å². The number of carbonyl (C=O) groups excluding carboxylic acids is 1. The highest BCUT2D eigenvalue weighted by molar-refractivity contribution is 6.17. The number of rotatable bonds is 5. The van der Waals surface area contributed by atoms with Crippen LogP contribution in [0.3, 0.4) is 0 Å². The van der Waals surface area contributed by atoms with Gasteiger partial charge in [0.1, 0.15) is 0 Å². The summed E-state index contributed by atoms with van der Waals surface area (Å²) in [6.45, 7) is 6.24. The largest absolute Gasteiger partial charge is 0.341 e. The summed E-state index contributed by atoms with van der Waals surface area (Å²) >= 11 is 5.53. The quantitative estimate of drug-likeness (QED) is 0.632. The van der Waals surface area contributed by atoms with Gasteiger partial charge in [0.05, 0.1) is 0 Å². The van der Waals surface area contributed by atoms with Crippen LogP contribution in [0.1, 0.15) is 40.0 Å². The van der Waals surface area contributed by atoms with Gasteiger partial charge in [0.25, 0.3) is 0 Å². The van der Waals surface area contributed by atoms with Crippen LogP contribution in [0, 0.1) is 0 Å². The highest BCUT2D eigenvalue weighted by Crippen LogP contribution is 2.17. The molecule has 0 aromatic rings. The van der Waals surface area contributed by atoms with E-state index in [9.17, 15) is 4.79 Å². The minimum atomic E-state index is -0.0383. The van der Waals surface area contributed by atoms with Crippen molar-refractivity contribution < 1.29 is 4.79 Å². The van der Waals surface area contributed by atoms with Crippen LogP contribution in [-0.4, -0.2) is 29.3 Å². The molecule has 0 spiro atoms. The van der Waals surface area contributed by atoms with Crippen molar-refractivity contribution in [3.63, 3.8) is 0 Å². The van der Waals surface area contributed by atoms with Gasteiger partial charge in [-0.2, -0.15) is 0 Å². The number of nitrogens with zero attached hydrogens (tertiary/aromatic N) is 1. The molecule has 0 aliphatic carbocycles. The maximum atomic E-state index is 11.6. The maximum Gasteiger partial charge on any atom is 0.222 e. The van der Waals surface area contributed by atoms with Gasteiger partial charge < -0.3 is 4.90 Å². The van der Waals surface area contributed by atoms with Crippen LogP contribution in [0.4, 0.5) is 0 Å². The van der Waals surface area contributed by atoms with Gasteiger partial charge in [-0.25, -0.2) is 0 Å². The molecule has 3 heteroatoms. The minimum absolute atomic E-state index is 0.0383. The molecule has 0 unspecified atom stereocenters. The average Bonchev–Trinajstić information content (AvgIpc) is 2.12. The second kappa shape index (κ2) is 5.48. The zero-order chi connectivity index (χ0) is 10.5. The first-order valence-corrected chi connectivity index (χ1v) is 5.31. The number of amides is 1. The summed E-state index contributed by atoms with van der Waals surface area (Å²) < 4.78 is 0. The van der Waals surface area contributed by atoms with E-state index in [0.29, 0.717) is 12.3 Å². The van der Waals surface area contributed by atoms with Crippen LogP contribution in [0.15, 0.2) is 0 Å². The predicted molar refractivity (Wildman–Crippen MR) is 57.1 cm³/mol. The van der Waals surface area contributed by atoms with Crippen LogP contribution in [0.5, 0.6) is 0 Å². The van der Waals surface area contributed by atoms with Crippen LogP contribution in [-0.2, 0) is 4.79 Å². The Morgan fingerprint density at radius 1 is 1.46 bits per heavy atom. The molecule has 0 saturated carbocycles. The molecule has 0 radical (unpaired) electrons. The second-order valence-electron chi connectivity index (χ2n) is 3.91. The molecule has 0 aliphatic rings. The van der Waals surface area contributed by atoms with E-state index in [0.717, 1.165) is 12.8 Å². The van der Waals surface area contributed by atoms with Gasteiger partial charge in [0, 0.05) is 24.9 Å². The Morgan fingerprint density at radius 2 is 2.00 bits per heavy atom. The van der Waals surface area contributed by atoms with E-state index in [1.807, 2.05) is 11.9 Å². The van der Waals surface area contributed by atoms with Crippen molar-refractivity contribution in [3.05, 3.63) is 0 Å². The van der Waals surface area contributed by atoms with E-state index >= 15 is 0 Å². The molecule has 2 nitrogen and oxygen atoms in total. The summed E-state index contributed by atoms with van der Waals surface area (Å²) in [4.78, 5) is 13.4. The molecule has 0 bridgehead atoms. The topological polar surface area (TPSA) is 20.3 Å². The third-order valence-corrected chi connectivity index (χ3v) is 2.94. The zero-order valence-electron chi connectivity index (χ0n) is 9.06. The highest BCUT2D eigenvalue weighted by Gasteiger charge is 2.24. The Hall–Kier alpha value is -0.240. The van der Waals surface area contributed by atoms with Gasteiger partial charge in [0.2, 0.25) is 5.91 Å². The fraction of sp³-hybridized carbons (Fsp3) is 0.900. The Kier molecular flexibility index (Phi) is 5.38. The predicted octanol–water partition coefficient (Wildman–Crippen LogP) is 2.65. The normalized spacial score (nSPS) is 11.5. The molecule has 0 N–H and O–H groups in total. The highest BCUT2D eigenvalue weighted by atomic mass is 35.5. The number of hydrogen-bond acceptors (Lipinski definition) is 1. The lowest BCUT2D eigenvalue weighted by molar-refractivity contribution is -0.134. The molecular weight excluding hydrogens is 186 g/mol. The van der Waals surface area contributed by atoms with Gasteiger partial charge in [-0.05, 0) is 26.7 Å². The molecule has 0 aliphatic heterocycles. The average molecular weight is 206 g/mol. The number of alkyl halides is 1. The van der Waals surface area contributed by atoms with E-state index in [-0.39, 0.29) is 11.4 Å². The molecule has 0 heterocycles. The van der Waals surface area contributed by atoms with Crippen molar-refractivity contribution in [2.45, 2.75) is 45.6 Å². The fourth-order valence-corrected chi connectivity index (χ4v) is 1.09. The van der Waals surface area contributed by atoms with Crippen molar-refractivity contribution in [2.24, 2.45) is 0 Å². The van der Waals surface area contributed by atoms with Crippen LogP contribution in [0.25, 0.3) is 0 Å². The Morgan fingerprint density at radius 3 is 2.38 bits per heavy atom. The van der Waals surface area contributed by atoms with Crippen molar-refractivity contribution >= 4 is 17.5 Å². The zero-order valence-corrected chi connectivity index (χ0v) is 9.82. The lowest BCUT2D eigenvalue weighted by Gasteiger charge is -2.34. The first-order valence-electron chi connectivity index (χ1n) is 4.78. The Bertz CT molecular complexity index is 168. The molecule has 0 saturated heterocycles. The molecule has 1 amide bonds. The lowest BCUT2D eigenvalue weighted by Crippen LogP contribution is -2.44. The Balaban J connectivity index is 4.09. The molecule has 13 heavy (non-hydrogen) atoms. The summed E-state index contributed by atoms with van der Waals surface area (Å²) in [6, 6.07) is 0. The molecule has 0 aromatic heterocycles. The summed E-state index contributed by atoms with van der Waals surface area (Å²) in [6.07, 6.45) is 2.30. The molecule has 0 aromatic carbocycles. The summed E-state index contributed by atoms with van der Waals surface area (Å²) in [5.74, 6) is 0.749. The smallest absolute Gasteiger partial charge is 0.222 e. The van der Waals surface area contributed by atoms with Crippen molar-refractivity contribution in [1.82, 2.24) is 4.90 Å². The number of halogens is 1. The van der Waals surface area contributed by atoms with Gasteiger partial charge in [0.15, 0.2) is 0 Å². The first-order chi connectivity index (χ1) is 5.95. The third-order valence-electron chi connectivity index (χ3n) is 2.67. The van der Waals surface area contributed by atoms with E-state index in [4.69, 9.17) is 11.6 Å². The van der Waals surface area contributed by atoms with Gasteiger partial charge in [-0.3, -0.25) is 4.79 Å². The van der Waals surface area contributed by atoms with E-state index < -0.39 is 0 Å². The standard InChI is InChI=1S/C10H20ClNO/c1-5-10(2,3)12(4)9(13)7-6-8-11/h5-8H2,1-4H3. The van der Waals surface area contributed by atoms with Gasteiger partial charge in [-0.1, -0.05) is 6.92 Å². The Labute approximate surface area is 86.2 Å². The van der Waals surface area contributed by atoms with Crippen LogP contribution in [0.2, 0.25) is 0 Å². The fourth-order valence-electron chi connectivity index (χ4n) is 0.960. The van der Waals surface area contributed by atoms with Crippen LogP contribution >= 0.6 is 11.6 Å². The molecule has 0 atom stereocenters. The van der Waals surface area contributed by atoms with Crippen molar-refractivity contribution in [3.8, 4) is 0 Å². The SMILES string of the molecule is CCC(C)(C)N(C)C(=O)CCCCl. The van der Waals surface area contributed by atoms with Gasteiger partial charge in [-0.15, -0.1) is 11.6 Å². The summed E-state index contributed by atoms with van der Waals surface area (Å²) in [5, 5.41) is 0. The summed E-state index contributed by atoms with van der Waals surface area (Å²) in [7, 11) is 1.86. The van der Waals surface area contributed by atoms with Gasteiger partial charge >= 0.3 is 0 Å². The lowest BCUT2D eigenvalue weighted by atomic mass is 9.99. The number of hydrogen-bond donors (Lipinski definition) is 0. The molecule has 78 valence electrons. The molecule has 0 fully saturated rings. The van der Waals surface area contributed by atoms with Crippen LogP contribution < -0.4 is 0 Å². The second-order valence-corrected chi connectivity index (χ2v) is 4.29. The monoisotopic (exact) mass is 205 g/mol. The van der Waals surface area contributed by atoms with E-state index in [2.05, 4.69) is 20.8 Å². The van der Waals surface area contributed by atoms with Crippen molar-refractivity contribution in [1.29, 1.82) is 0 Å². The summed E-state index contributed by atoms with van der Waals surface area (Å²) in [5.41, 5.74) is -0.0383. The molecule has 0 rings (SSSR count). The maximum absolute atomic E-state index is 11.6. The first kappa shape index (κ1) is 12.8.